The van der Waals surface area contributed by atoms with Crippen molar-refractivity contribution in [2.24, 2.45) is 0 Å². The van der Waals surface area contributed by atoms with Gasteiger partial charge in [0.1, 0.15) is 5.75 Å². The third-order valence-corrected chi connectivity index (χ3v) is 12.0. The Morgan fingerprint density at radius 3 is 2.51 bits per heavy atom. The fraction of sp³-hybridized carbons (Fsp3) is 0.500. The number of nitrogens with one attached hydrogen (secondary N) is 2. The second-order valence-corrected chi connectivity index (χ2v) is 16.9. The number of anilines is 2. The van der Waals surface area contributed by atoms with Crippen molar-refractivity contribution < 1.29 is 23.4 Å². The van der Waals surface area contributed by atoms with Crippen molar-refractivity contribution in [1.82, 2.24) is 19.8 Å². The van der Waals surface area contributed by atoms with E-state index in [-0.39, 0.29) is 29.2 Å². The van der Waals surface area contributed by atoms with Crippen LogP contribution in [0.1, 0.15) is 29.0 Å². The summed E-state index contributed by atoms with van der Waals surface area (Å²) in [7, 11) is 3.54. The lowest BCUT2D eigenvalue weighted by Crippen LogP contribution is -2.46. The SMILES string of the molecule is COc1nc(NCCCN2CCN(C)CC2)nc(OC)c1NC(=O)c1ccc(Oc2cc3c(cc2Cl)CCC[Si]3(C)C)o1. The Morgan fingerprint density at radius 2 is 1.81 bits per heavy atom. The maximum atomic E-state index is 13.2. The number of aryl methyl sites for hydroxylation is 1. The van der Waals surface area contributed by atoms with Crippen LogP contribution in [-0.2, 0) is 6.42 Å². The number of rotatable bonds is 11. The summed E-state index contributed by atoms with van der Waals surface area (Å²) in [6.07, 6.45) is 3.16. The molecule has 0 atom stereocenters. The van der Waals surface area contributed by atoms with Crippen LogP contribution in [0.25, 0.3) is 0 Å². The van der Waals surface area contributed by atoms with Gasteiger partial charge >= 0.3 is 0 Å². The standard InChI is InChI=1S/C30H41ClN6O5Si/c1-36-13-15-37(16-14-36)12-7-11-32-30-34-28(39-2)26(29(35-30)40-3)33-27(38)22-9-10-25(41-22)42-23-19-24-20(18-21(23)31)8-6-17-43(24,4)5/h9-10,18-19H,6-8,11-17H2,1-5H3,(H,33,38)(H,32,34,35). The molecule has 1 aromatic carbocycles. The van der Waals surface area contributed by atoms with E-state index in [0.717, 1.165) is 45.6 Å². The van der Waals surface area contributed by atoms with Crippen LogP contribution in [-0.4, -0.2) is 94.3 Å². The van der Waals surface area contributed by atoms with E-state index in [1.54, 1.807) is 6.07 Å². The molecule has 13 heteroatoms. The van der Waals surface area contributed by atoms with Gasteiger partial charge in [-0.3, -0.25) is 4.79 Å². The number of aromatic nitrogens is 2. The molecule has 0 aliphatic carbocycles. The Morgan fingerprint density at radius 1 is 1.09 bits per heavy atom. The lowest BCUT2D eigenvalue weighted by molar-refractivity contribution is 0.0990. The highest BCUT2D eigenvalue weighted by atomic mass is 35.5. The predicted molar refractivity (Wildman–Crippen MR) is 171 cm³/mol. The van der Waals surface area contributed by atoms with E-state index in [4.69, 9.17) is 30.2 Å². The maximum Gasteiger partial charge on any atom is 0.291 e. The molecule has 1 fully saturated rings. The van der Waals surface area contributed by atoms with E-state index in [2.05, 4.69) is 50.5 Å². The smallest absolute Gasteiger partial charge is 0.291 e. The highest BCUT2D eigenvalue weighted by Gasteiger charge is 2.31. The molecule has 1 saturated heterocycles. The summed E-state index contributed by atoms with van der Waals surface area (Å²) < 4.78 is 22.7. The molecule has 1 amide bonds. The molecule has 0 unspecified atom stereocenters. The molecule has 4 heterocycles. The van der Waals surface area contributed by atoms with E-state index >= 15 is 0 Å². The first kappa shape index (κ1) is 31.1. The van der Waals surface area contributed by atoms with Crippen LogP contribution in [0.2, 0.25) is 24.2 Å². The number of hydrogen-bond acceptors (Lipinski definition) is 10. The predicted octanol–water partition coefficient (Wildman–Crippen LogP) is 4.70. The fourth-order valence-electron chi connectivity index (χ4n) is 5.62. The Bertz CT molecular complexity index is 1420. The molecule has 43 heavy (non-hydrogen) atoms. The molecule has 0 spiro atoms. The molecular weight excluding hydrogens is 588 g/mol. The Labute approximate surface area is 258 Å². The number of fused-ring (bicyclic) bond motifs is 1. The molecule has 2 aliphatic rings. The van der Waals surface area contributed by atoms with Gasteiger partial charge in [0.05, 0.1) is 27.3 Å². The number of benzene rings is 1. The molecule has 3 aromatic rings. The van der Waals surface area contributed by atoms with Gasteiger partial charge in [-0.15, -0.1) is 0 Å². The van der Waals surface area contributed by atoms with Gasteiger partial charge in [-0.2, -0.15) is 9.97 Å². The van der Waals surface area contributed by atoms with E-state index in [0.29, 0.717) is 23.3 Å². The van der Waals surface area contributed by atoms with Crippen LogP contribution in [0, 0.1) is 0 Å². The van der Waals surface area contributed by atoms with Crippen molar-refractivity contribution in [2.75, 3.05) is 71.2 Å². The number of amides is 1. The van der Waals surface area contributed by atoms with Crippen LogP contribution in [0.5, 0.6) is 23.5 Å². The van der Waals surface area contributed by atoms with Gasteiger partial charge in [-0.1, -0.05) is 42.3 Å². The Kier molecular flexibility index (Phi) is 9.80. The monoisotopic (exact) mass is 628 g/mol. The number of nitrogens with zero attached hydrogens (tertiary/aromatic N) is 4. The molecule has 0 saturated carbocycles. The van der Waals surface area contributed by atoms with Crippen LogP contribution in [0.3, 0.4) is 0 Å². The van der Waals surface area contributed by atoms with Crippen molar-refractivity contribution in [3.8, 4) is 23.5 Å². The van der Waals surface area contributed by atoms with E-state index in [9.17, 15) is 4.79 Å². The van der Waals surface area contributed by atoms with Gasteiger partial charge < -0.3 is 39.1 Å². The van der Waals surface area contributed by atoms with Crippen LogP contribution >= 0.6 is 11.6 Å². The number of methoxy groups -OCH3 is 2. The molecule has 232 valence electrons. The first-order chi connectivity index (χ1) is 20.7. The number of ether oxygens (including phenoxy) is 3. The molecule has 0 bridgehead atoms. The maximum absolute atomic E-state index is 13.2. The van der Waals surface area contributed by atoms with Crippen molar-refractivity contribution in [1.29, 1.82) is 0 Å². The number of halogens is 1. The molecule has 2 N–H and O–H groups in total. The van der Waals surface area contributed by atoms with Gasteiger partial charge in [0.2, 0.25) is 17.7 Å². The molecule has 0 radical (unpaired) electrons. The average molecular weight is 629 g/mol. The third-order valence-electron chi connectivity index (χ3n) is 8.15. The zero-order chi connectivity index (χ0) is 30.6. The van der Waals surface area contributed by atoms with E-state index in [1.165, 1.54) is 43.5 Å². The highest BCUT2D eigenvalue weighted by molar-refractivity contribution is 6.90. The lowest BCUT2D eigenvalue weighted by atomic mass is 10.1. The quantitative estimate of drug-likeness (QED) is 0.229. The minimum atomic E-state index is -1.56. The number of carbonyl (C=O) groups is 1. The van der Waals surface area contributed by atoms with Crippen molar-refractivity contribution in [2.45, 2.75) is 38.4 Å². The first-order valence-corrected chi connectivity index (χ1v) is 18.3. The molecule has 2 aliphatic heterocycles. The van der Waals surface area contributed by atoms with Crippen LogP contribution in [0.15, 0.2) is 28.7 Å². The Hall–Kier alpha value is -3.32. The largest absolute Gasteiger partial charge is 0.479 e. The summed E-state index contributed by atoms with van der Waals surface area (Å²) in [4.78, 5) is 26.8. The number of likely N-dealkylation sites (N-methyl/N-ethyl adjacent to an activating group) is 1. The van der Waals surface area contributed by atoms with Crippen LogP contribution < -0.4 is 30.0 Å². The van der Waals surface area contributed by atoms with Crippen molar-refractivity contribution in [3.63, 3.8) is 0 Å². The number of piperazine rings is 1. The summed E-state index contributed by atoms with van der Waals surface area (Å²) >= 11 is 6.56. The first-order valence-electron chi connectivity index (χ1n) is 14.7. The number of hydrogen-bond donors (Lipinski definition) is 2. The zero-order valence-electron chi connectivity index (χ0n) is 25.6. The van der Waals surface area contributed by atoms with E-state index < -0.39 is 14.0 Å². The topological polar surface area (TPSA) is 114 Å². The van der Waals surface area contributed by atoms with Gasteiger partial charge in [-0.25, -0.2) is 0 Å². The second-order valence-electron chi connectivity index (χ2n) is 11.7. The fourth-order valence-corrected chi connectivity index (χ4v) is 8.77. The van der Waals surface area contributed by atoms with E-state index in [1.807, 2.05) is 12.1 Å². The summed E-state index contributed by atoms with van der Waals surface area (Å²) in [5.41, 5.74) is 1.50. The molecule has 2 aromatic heterocycles. The minimum absolute atomic E-state index is 0.0361. The summed E-state index contributed by atoms with van der Waals surface area (Å²) in [5, 5.41) is 7.87. The number of furan rings is 1. The zero-order valence-corrected chi connectivity index (χ0v) is 27.3. The lowest BCUT2D eigenvalue weighted by Gasteiger charge is -2.32. The highest BCUT2D eigenvalue weighted by Crippen LogP contribution is 2.36. The van der Waals surface area contributed by atoms with Gasteiger partial charge in [0.25, 0.3) is 11.9 Å². The summed E-state index contributed by atoms with van der Waals surface area (Å²) in [5.74, 6) is 0.866. The minimum Gasteiger partial charge on any atom is -0.479 e. The van der Waals surface area contributed by atoms with Crippen molar-refractivity contribution >= 4 is 42.4 Å². The second kappa shape index (κ2) is 13.5. The summed E-state index contributed by atoms with van der Waals surface area (Å²) in [6.45, 7) is 10.7. The number of carbonyl (C=O) groups excluding carboxylic acids is 1. The molecule has 11 nitrogen and oxygen atoms in total. The summed E-state index contributed by atoms with van der Waals surface area (Å²) in [6, 6.07) is 8.40. The van der Waals surface area contributed by atoms with Gasteiger partial charge in [0.15, 0.2) is 11.4 Å². The Balaban J connectivity index is 1.22. The van der Waals surface area contributed by atoms with Gasteiger partial charge in [-0.05, 0) is 50.2 Å². The van der Waals surface area contributed by atoms with Crippen LogP contribution in [0.4, 0.5) is 11.6 Å². The van der Waals surface area contributed by atoms with Crippen molar-refractivity contribution in [3.05, 3.63) is 40.6 Å². The molecular formula is C30H41ClN6O5Si. The molecule has 5 rings (SSSR count). The average Bonchev–Trinajstić information content (AvgIpc) is 3.46. The normalized spacial score (nSPS) is 16.8. The third kappa shape index (κ3) is 7.43. The van der Waals surface area contributed by atoms with Gasteiger partial charge in [0, 0.05) is 38.8 Å².